The van der Waals surface area contributed by atoms with E-state index in [2.05, 4.69) is 52.0 Å². The van der Waals surface area contributed by atoms with Crippen molar-refractivity contribution in [1.82, 2.24) is 25.5 Å². The summed E-state index contributed by atoms with van der Waals surface area (Å²) in [4.78, 5) is 0. The molecule has 0 saturated carbocycles. The molecule has 4 rings (SSSR count). The number of nitrogens with zero attached hydrogens (tertiary/aromatic N) is 4. The second kappa shape index (κ2) is 6.90. The van der Waals surface area contributed by atoms with Gasteiger partial charge in [0.1, 0.15) is 6.33 Å². The summed E-state index contributed by atoms with van der Waals surface area (Å²) in [5.74, 6) is 1.66. The molecule has 25 heavy (non-hydrogen) atoms. The Balaban J connectivity index is 1.32. The summed E-state index contributed by atoms with van der Waals surface area (Å²) in [5.41, 5.74) is 3.40. The fourth-order valence-corrected chi connectivity index (χ4v) is 2.84. The van der Waals surface area contributed by atoms with Gasteiger partial charge in [0.15, 0.2) is 11.5 Å². The molecule has 2 heterocycles. The van der Waals surface area contributed by atoms with Crippen LogP contribution in [0.5, 0.6) is 11.5 Å². The molecule has 0 bridgehead atoms. The van der Waals surface area contributed by atoms with Crippen LogP contribution in [0.15, 0.2) is 48.8 Å². The van der Waals surface area contributed by atoms with Crippen LogP contribution in [0, 0.1) is 0 Å². The van der Waals surface area contributed by atoms with Crippen molar-refractivity contribution in [3.63, 3.8) is 0 Å². The van der Waals surface area contributed by atoms with Crippen molar-refractivity contribution in [3.8, 4) is 17.2 Å². The Morgan fingerprint density at radius 3 is 2.76 bits per heavy atom. The van der Waals surface area contributed by atoms with Gasteiger partial charge >= 0.3 is 0 Å². The SMILES string of the molecule is CC(NCCc1ccc2c(c1)OCO2)c1ccc(-n2cnnn2)cc1. The minimum absolute atomic E-state index is 0.261. The van der Waals surface area contributed by atoms with Gasteiger partial charge in [-0.2, -0.15) is 0 Å². The number of rotatable bonds is 6. The van der Waals surface area contributed by atoms with Gasteiger partial charge in [-0.15, -0.1) is 5.10 Å². The van der Waals surface area contributed by atoms with Gasteiger partial charge in [0.05, 0.1) is 5.69 Å². The molecule has 1 aliphatic rings. The molecular weight excluding hydrogens is 318 g/mol. The molecule has 0 saturated heterocycles. The highest BCUT2D eigenvalue weighted by molar-refractivity contribution is 5.44. The molecule has 1 aliphatic heterocycles. The van der Waals surface area contributed by atoms with E-state index >= 15 is 0 Å². The average Bonchev–Trinajstić information content (AvgIpc) is 3.33. The number of fused-ring (bicyclic) bond motifs is 1. The van der Waals surface area contributed by atoms with Crippen molar-refractivity contribution in [1.29, 1.82) is 0 Å². The summed E-state index contributed by atoms with van der Waals surface area (Å²) in [6, 6.07) is 14.6. The fraction of sp³-hybridized carbons (Fsp3) is 0.278. The van der Waals surface area contributed by atoms with E-state index in [0.29, 0.717) is 6.79 Å². The second-order valence-electron chi connectivity index (χ2n) is 5.96. The number of tetrazole rings is 1. The molecule has 0 spiro atoms. The molecule has 7 heteroatoms. The first-order valence-electron chi connectivity index (χ1n) is 8.25. The van der Waals surface area contributed by atoms with Gasteiger partial charge in [0.25, 0.3) is 0 Å². The lowest BCUT2D eigenvalue weighted by Gasteiger charge is -2.15. The normalized spacial score (nSPS) is 13.8. The topological polar surface area (TPSA) is 74.1 Å². The highest BCUT2D eigenvalue weighted by Gasteiger charge is 2.13. The van der Waals surface area contributed by atoms with E-state index in [9.17, 15) is 0 Å². The smallest absolute Gasteiger partial charge is 0.231 e. The van der Waals surface area contributed by atoms with Crippen LogP contribution in [0.25, 0.3) is 5.69 Å². The van der Waals surface area contributed by atoms with Crippen molar-refractivity contribution >= 4 is 0 Å². The van der Waals surface area contributed by atoms with Crippen molar-refractivity contribution in [2.24, 2.45) is 0 Å². The third kappa shape index (κ3) is 3.46. The molecule has 128 valence electrons. The van der Waals surface area contributed by atoms with Crippen LogP contribution in [0.4, 0.5) is 0 Å². The maximum absolute atomic E-state index is 5.42. The van der Waals surface area contributed by atoms with Gasteiger partial charge in [-0.3, -0.25) is 0 Å². The van der Waals surface area contributed by atoms with Crippen LogP contribution in [0.1, 0.15) is 24.1 Å². The van der Waals surface area contributed by atoms with Crippen LogP contribution in [-0.2, 0) is 6.42 Å². The molecule has 7 nitrogen and oxygen atoms in total. The molecule has 0 aliphatic carbocycles. The summed E-state index contributed by atoms with van der Waals surface area (Å²) >= 11 is 0. The summed E-state index contributed by atoms with van der Waals surface area (Å²) in [7, 11) is 0. The van der Waals surface area contributed by atoms with Gasteiger partial charge in [-0.05, 0) is 65.7 Å². The van der Waals surface area contributed by atoms with Gasteiger partial charge < -0.3 is 14.8 Å². The Morgan fingerprint density at radius 2 is 1.96 bits per heavy atom. The molecule has 1 atom stereocenters. The first-order chi connectivity index (χ1) is 12.3. The fourth-order valence-electron chi connectivity index (χ4n) is 2.84. The molecule has 1 aromatic heterocycles. The van der Waals surface area contributed by atoms with Crippen LogP contribution >= 0.6 is 0 Å². The highest BCUT2D eigenvalue weighted by atomic mass is 16.7. The zero-order valence-electron chi connectivity index (χ0n) is 13.9. The third-order valence-electron chi connectivity index (χ3n) is 4.31. The van der Waals surface area contributed by atoms with E-state index in [1.807, 2.05) is 18.2 Å². The van der Waals surface area contributed by atoms with Crippen LogP contribution in [0.3, 0.4) is 0 Å². The first-order valence-corrected chi connectivity index (χ1v) is 8.25. The van der Waals surface area contributed by atoms with Gasteiger partial charge in [0.2, 0.25) is 6.79 Å². The standard InChI is InChI=1S/C18H19N5O2/c1-13(15-3-5-16(6-4-15)23-11-20-21-22-23)19-9-8-14-2-7-17-18(10-14)25-12-24-17/h2-7,10-11,13,19H,8-9,12H2,1H3. The number of hydrogen-bond donors (Lipinski definition) is 1. The molecule has 0 amide bonds. The summed E-state index contributed by atoms with van der Waals surface area (Å²) in [5, 5.41) is 14.7. The molecule has 0 radical (unpaired) electrons. The van der Waals surface area contributed by atoms with E-state index in [4.69, 9.17) is 9.47 Å². The maximum Gasteiger partial charge on any atom is 0.231 e. The Labute approximate surface area is 145 Å². The molecule has 2 aromatic carbocycles. The van der Waals surface area contributed by atoms with Crippen LogP contribution in [0.2, 0.25) is 0 Å². The lowest BCUT2D eigenvalue weighted by Crippen LogP contribution is -2.21. The van der Waals surface area contributed by atoms with Crippen LogP contribution in [-0.4, -0.2) is 33.5 Å². The zero-order valence-corrected chi connectivity index (χ0v) is 13.9. The number of aromatic nitrogens is 4. The second-order valence-corrected chi connectivity index (χ2v) is 5.96. The summed E-state index contributed by atoms with van der Waals surface area (Å²) in [6.45, 7) is 3.36. The Kier molecular flexibility index (Phi) is 4.30. The first kappa shape index (κ1) is 15.6. The van der Waals surface area contributed by atoms with E-state index in [1.54, 1.807) is 11.0 Å². The number of benzene rings is 2. The monoisotopic (exact) mass is 337 g/mol. The minimum atomic E-state index is 0.261. The maximum atomic E-state index is 5.42. The summed E-state index contributed by atoms with van der Waals surface area (Å²) in [6.07, 6.45) is 2.52. The predicted octanol–water partition coefficient (Wildman–Crippen LogP) is 2.28. The van der Waals surface area contributed by atoms with Crippen LogP contribution < -0.4 is 14.8 Å². The number of nitrogens with one attached hydrogen (secondary N) is 1. The zero-order chi connectivity index (χ0) is 17.1. The molecular formula is C18H19N5O2. The van der Waals surface area contributed by atoms with Crippen molar-refractivity contribution < 1.29 is 9.47 Å². The van der Waals surface area contributed by atoms with Gasteiger partial charge in [0, 0.05) is 6.04 Å². The molecule has 3 aromatic rings. The Hall–Kier alpha value is -2.93. The molecule has 1 unspecified atom stereocenters. The number of ether oxygens (including phenoxy) is 2. The van der Waals surface area contributed by atoms with E-state index < -0.39 is 0 Å². The van der Waals surface area contributed by atoms with Gasteiger partial charge in [-0.25, -0.2) is 4.68 Å². The largest absolute Gasteiger partial charge is 0.454 e. The van der Waals surface area contributed by atoms with Crippen molar-refractivity contribution in [3.05, 3.63) is 59.9 Å². The quantitative estimate of drug-likeness (QED) is 0.744. The highest BCUT2D eigenvalue weighted by Crippen LogP contribution is 2.32. The lowest BCUT2D eigenvalue weighted by molar-refractivity contribution is 0.174. The van der Waals surface area contributed by atoms with E-state index in [-0.39, 0.29) is 6.04 Å². The Bertz CT molecular complexity index is 833. The number of hydrogen-bond acceptors (Lipinski definition) is 6. The summed E-state index contributed by atoms with van der Waals surface area (Å²) < 4.78 is 12.4. The van der Waals surface area contributed by atoms with Crippen molar-refractivity contribution in [2.45, 2.75) is 19.4 Å². The minimum Gasteiger partial charge on any atom is -0.454 e. The third-order valence-corrected chi connectivity index (χ3v) is 4.31. The Morgan fingerprint density at radius 1 is 1.12 bits per heavy atom. The predicted molar refractivity (Wildman–Crippen MR) is 91.8 cm³/mol. The average molecular weight is 337 g/mol. The molecule has 1 N–H and O–H groups in total. The van der Waals surface area contributed by atoms with Gasteiger partial charge in [-0.1, -0.05) is 18.2 Å². The van der Waals surface area contributed by atoms with E-state index in [0.717, 1.165) is 30.2 Å². The van der Waals surface area contributed by atoms with E-state index in [1.165, 1.54) is 11.1 Å². The van der Waals surface area contributed by atoms with Crippen molar-refractivity contribution in [2.75, 3.05) is 13.3 Å². The molecule has 0 fully saturated rings. The lowest BCUT2D eigenvalue weighted by atomic mass is 10.1.